The Kier molecular flexibility index (Phi) is 9.92. The average molecular weight is 825 g/mol. The molecule has 0 aliphatic carbocycles. The summed E-state index contributed by atoms with van der Waals surface area (Å²) < 4.78 is 2.47. The molecule has 0 fully saturated rings. The van der Waals surface area contributed by atoms with Gasteiger partial charge in [0.25, 0.3) is 0 Å². The van der Waals surface area contributed by atoms with Crippen LogP contribution in [0.1, 0.15) is 5.56 Å². The molecule has 11 aromatic rings. The number of rotatable bonds is 9. The molecule has 2 heterocycles. The van der Waals surface area contributed by atoms with Crippen LogP contribution in [0.25, 0.3) is 87.7 Å². The van der Waals surface area contributed by atoms with E-state index in [-0.39, 0.29) is 0 Å². The fourth-order valence-electron chi connectivity index (χ4n) is 8.49. The lowest BCUT2D eigenvalue weighted by molar-refractivity contribution is 1.07. The molecule has 0 N–H and O–H groups in total. The van der Waals surface area contributed by atoms with Crippen molar-refractivity contribution in [2.45, 2.75) is 6.92 Å². The molecule has 0 aliphatic heterocycles. The standard InChI is InChI=1S/C58H40N4S/c1-39-17-14-15-28-53(39)62(47-26-12-5-13-27-47)48-31-33-50-51-37-46(30-34-54(51)63-55(50)38-48)49-32-29-45(44-25-16-24-43(35-44)40-18-6-2-7-19-40)36-52(49)58-60-56(41-20-8-3-9-21-41)59-57(61-58)42-22-10-4-11-23-42/h2-38H,1H3. The molecule has 2 aromatic heterocycles. The second-order valence-electron chi connectivity index (χ2n) is 15.7. The smallest absolute Gasteiger partial charge is 0.164 e. The minimum atomic E-state index is 0.621. The number of anilines is 3. The zero-order chi connectivity index (χ0) is 42.1. The number of hydrogen-bond donors (Lipinski definition) is 0. The minimum Gasteiger partial charge on any atom is -0.310 e. The molecule has 5 heteroatoms. The summed E-state index contributed by atoms with van der Waals surface area (Å²) in [6, 6.07) is 79.3. The second-order valence-corrected chi connectivity index (χ2v) is 16.8. The number of benzene rings is 9. The van der Waals surface area contributed by atoms with E-state index in [4.69, 9.17) is 15.0 Å². The molecule has 0 amide bonds. The van der Waals surface area contributed by atoms with Crippen molar-refractivity contribution in [3.63, 3.8) is 0 Å². The van der Waals surface area contributed by atoms with Gasteiger partial charge in [-0.15, -0.1) is 11.3 Å². The maximum Gasteiger partial charge on any atom is 0.164 e. The third-order valence-corrected chi connectivity index (χ3v) is 12.8. The topological polar surface area (TPSA) is 41.9 Å². The fourth-order valence-corrected chi connectivity index (χ4v) is 9.61. The first-order valence-electron chi connectivity index (χ1n) is 21.2. The van der Waals surface area contributed by atoms with Crippen molar-refractivity contribution in [1.29, 1.82) is 0 Å². The Morgan fingerprint density at radius 1 is 0.333 bits per heavy atom. The molecule has 11 rings (SSSR count). The number of nitrogens with zero attached hydrogens (tertiary/aromatic N) is 4. The predicted octanol–water partition coefficient (Wildman–Crippen LogP) is 16.0. The van der Waals surface area contributed by atoms with Crippen LogP contribution in [0.2, 0.25) is 0 Å². The third kappa shape index (κ3) is 7.45. The van der Waals surface area contributed by atoms with E-state index in [9.17, 15) is 0 Å². The average Bonchev–Trinajstić information content (AvgIpc) is 3.73. The molecule has 0 saturated carbocycles. The van der Waals surface area contributed by atoms with Gasteiger partial charge in [-0.05, 0) is 100 Å². The van der Waals surface area contributed by atoms with Crippen LogP contribution in [-0.2, 0) is 0 Å². The Hall–Kier alpha value is -7.99. The summed E-state index contributed by atoms with van der Waals surface area (Å²) in [6.07, 6.45) is 0. The van der Waals surface area contributed by atoms with Crippen molar-refractivity contribution >= 4 is 48.6 Å². The largest absolute Gasteiger partial charge is 0.310 e. The Morgan fingerprint density at radius 2 is 0.889 bits per heavy atom. The summed E-state index contributed by atoms with van der Waals surface area (Å²) >= 11 is 1.83. The molecule has 4 nitrogen and oxygen atoms in total. The Labute approximate surface area is 371 Å². The van der Waals surface area contributed by atoms with Gasteiger partial charge in [0.1, 0.15) is 0 Å². The van der Waals surface area contributed by atoms with Crippen molar-refractivity contribution in [3.8, 4) is 67.5 Å². The van der Waals surface area contributed by atoms with Crippen LogP contribution < -0.4 is 4.90 Å². The Morgan fingerprint density at radius 3 is 1.57 bits per heavy atom. The molecule has 0 atom stereocenters. The van der Waals surface area contributed by atoms with E-state index in [0.29, 0.717) is 17.5 Å². The molecule has 0 bridgehead atoms. The van der Waals surface area contributed by atoms with Gasteiger partial charge < -0.3 is 4.90 Å². The highest BCUT2D eigenvalue weighted by Gasteiger charge is 2.20. The highest BCUT2D eigenvalue weighted by atomic mass is 32.1. The Bertz CT molecular complexity index is 3340. The molecular formula is C58H40N4S. The van der Waals surface area contributed by atoms with Crippen LogP contribution in [0.15, 0.2) is 224 Å². The first kappa shape index (κ1) is 38.0. The van der Waals surface area contributed by atoms with Crippen LogP contribution in [0, 0.1) is 6.92 Å². The molecule has 0 spiro atoms. The highest BCUT2D eigenvalue weighted by molar-refractivity contribution is 7.25. The molecule has 9 aromatic carbocycles. The first-order valence-corrected chi connectivity index (χ1v) is 22.0. The van der Waals surface area contributed by atoms with E-state index in [2.05, 4.69) is 200 Å². The summed E-state index contributed by atoms with van der Waals surface area (Å²) in [5.41, 5.74) is 14.1. The Balaban J connectivity index is 1.08. The van der Waals surface area contributed by atoms with Gasteiger partial charge in [-0.1, -0.05) is 170 Å². The van der Waals surface area contributed by atoms with Gasteiger partial charge in [-0.2, -0.15) is 0 Å². The van der Waals surface area contributed by atoms with E-state index in [0.717, 1.165) is 50.3 Å². The van der Waals surface area contributed by atoms with Crippen LogP contribution in [-0.4, -0.2) is 15.0 Å². The molecule has 0 unspecified atom stereocenters. The van der Waals surface area contributed by atoms with Crippen LogP contribution in [0.4, 0.5) is 17.1 Å². The van der Waals surface area contributed by atoms with Gasteiger partial charge in [0.05, 0.1) is 0 Å². The van der Waals surface area contributed by atoms with E-state index in [1.54, 1.807) is 0 Å². The molecule has 0 radical (unpaired) electrons. The van der Waals surface area contributed by atoms with Crippen LogP contribution >= 0.6 is 11.3 Å². The van der Waals surface area contributed by atoms with E-state index in [1.807, 2.05) is 47.7 Å². The van der Waals surface area contributed by atoms with Crippen LogP contribution in [0.3, 0.4) is 0 Å². The molecule has 298 valence electrons. The van der Waals surface area contributed by atoms with Gasteiger partial charge in [0, 0.05) is 53.9 Å². The summed E-state index contributed by atoms with van der Waals surface area (Å²) in [5.74, 6) is 1.88. The number of aromatic nitrogens is 3. The maximum absolute atomic E-state index is 5.25. The normalized spacial score (nSPS) is 11.3. The summed E-state index contributed by atoms with van der Waals surface area (Å²) in [4.78, 5) is 17.9. The number of fused-ring (bicyclic) bond motifs is 3. The van der Waals surface area contributed by atoms with Crippen molar-refractivity contribution in [2.24, 2.45) is 0 Å². The lowest BCUT2D eigenvalue weighted by Gasteiger charge is -2.27. The predicted molar refractivity (Wildman–Crippen MR) is 265 cm³/mol. The van der Waals surface area contributed by atoms with Gasteiger partial charge in [0.2, 0.25) is 0 Å². The first-order chi connectivity index (χ1) is 31.1. The van der Waals surface area contributed by atoms with Crippen molar-refractivity contribution in [1.82, 2.24) is 15.0 Å². The van der Waals surface area contributed by atoms with Gasteiger partial charge in [-0.3, -0.25) is 0 Å². The summed E-state index contributed by atoms with van der Waals surface area (Å²) in [5, 5.41) is 2.45. The monoisotopic (exact) mass is 824 g/mol. The maximum atomic E-state index is 5.25. The van der Waals surface area contributed by atoms with Crippen molar-refractivity contribution < 1.29 is 0 Å². The second kappa shape index (κ2) is 16.5. The molecule has 0 saturated heterocycles. The number of hydrogen-bond acceptors (Lipinski definition) is 5. The molecule has 0 aliphatic rings. The zero-order valence-corrected chi connectivity index (χ0v) is 35.4. The minimum absolute atomic E-state index is 0.621. The summed E-state index contributed by atoms with van der Waals surface area (Å²) in [7, 11) is 0. The third-order valence-electron chi connectivity index (χ3n) is 11.7. The molecule has 63 heavy (non-hydrogen) atoms. The molecular weight excluding hydrogens is 785 g/mol. The lowest BCUT2D eigenvalue weighted by Crippen LogP contribution is -2.10. The fraction of sp³-hybridized carbons (Fsp3) is 0.0172. The number of aryl methyl sites for hydroxylation is 1. The van der Waals surface area contributed by atoms with Crippen LogP contribution in [0.5, 0.6) is 0 Å². The number of thiophene rings is 1. The SMILES string of the molecule is Cc1ccccc1N(c1ccccc1)c1ccc2c(c1)sc1ccc(-c3ccc(-c4cccc(-c5ccccc5)c4)cc3-c3nc(-c4ccccc4)nc(-c4ccccc4)n3)cc12. The van der Waals surface area contributed by atoms with Gasteiger partial charge in [0.15, 0.2) is 17.5 Å². The lowest BCUT2D eigenvalue weighted by atomic mass is 9.92. The highest BCUT2D eigenvalue weighted by Crippen LogP contribution is 2.44. The van der Waals surface area contributed by atoms with E-state index >= 15 is 0 Å². The number of para-hydroxylation sites is 2. The summed E-state index contributed by atoms with van der Waals surface area (Å²) in [6.45, 7) is 2.18. The van der Waals surface area contributed by atoms with E-state index < -0.39 is 0 Å². The quantitative estimate of drug-likeness (QED) is 0.145. The van der Waals surface area contributed by atoms with Crippen molar-refractivity contribution in [2.75, 3.05) is 4.90 Å². The van der Waals surface area contributed by atoms with E-state index in [1.165, 1.54) is 42.6 Å². The van der Waals surface area contributed by atoms with Gasteiger partial charge in [-0.25, -0.2) is 15.0 Å². The van der Waals surface area contributed by atoms with Gasteiger partial charge >= 0.3 is 0 Å². The zero-order valence-electron chi connectivity index (χ0n) is 34.6. The van der Waals surface area contributed by atoms with Crippen molar-refractivity contribution in [3.05, 3.63) is 230 Å².